The molecule has 0 spiro atoms. The molecule has 4 heteroatoms. The van der Waals surface area contributed by atoms with Crippen molar-refractivity contribution in [3.8, 4) is 0 Å². The van der Waals surface area contributed by atoms with Gasteiger partial charge in [-0.3, -0.25) is 4.79 Å². The molecule has 1 aliphatic rings. The van der Waals surface area contributed by atoms with E-state index in [1.54, 1.807) is 0 Å². The van der Waals surface area contributed by atoms with Crippen molar-refractivity contribution in [2.45, 2.75) is 44.2 Å². The zero-order chi connectivity index (χ0) is 9.84. The van der Waals surface area contributed by atoms with Gasteiger partial charge >= 0.3 is 5.97 Å². The number of carbonyl (C=O) groups is 1. The van der Waals surface area contributed by atoms with Crippen LogP contribution in [0.2, 0.25) is 0 Å². The van der Waals surface area contributed by atoms with Crippen LogP contribution in [0.25, 0.3) is 0 Å². The van der Waals surface area contributed by atoms with Crippen LogP contribution in [-0.2, 0) is 4.79 Å². The topological polar surface area (TPSA) is 83.6 Å². The number of nitrogens with two attached hydrogens (primary N) is 1. The number of aliphatic hydroxyl groups is 1. The molecule has 1 fully saturated rings. The molecule has 0 amide bonds. The summed E-state index contributed by atoms with van der Waals surface area (Å²) in [5, 5.41) is 18.2. The molecule has 0 aromatic rings. The highest BCUT2D eigenvalue weighted by molar-refractivity contribution is 5.73. The predicted molar refractivity (Wildman–Crippen MR) is 48.2 cm³/mol. The number of rotatable bonds is 3. The Bertz CT molecular complexity index is 178. The minimum Gasteiger partial charge on any atom is -0.480 e. The quantitative estimate of drug-likeness (QED) is 0.595. The van der Waals surface area contributed by atoms with Gasteiger partial charge < -0.3 is 15.9 Å². The molecule has 0 aromatic heterocycles. The lowest BCUT2D eigenvalue weighted by Crippen LogP contribution is -2.46. The normalized spacial score (nSPS) is 23.8. The van der Waals surface area contributed by atoms with E-state index in [9.17, 15) is 9.90 Å². The minimum atomic E-state index is -1.12. The van der Waals surface area contributed by atoms with Crippen molar-refractivity contribution in [1.82, 2.24) is 0 Å². The first kappa shape index (κ1) is 10.5. The Morgan fingerprint density at radius 1 is 1.31 bits per heavy atom. The predicted octanol–water partition coefficient (Wildman–Crippen LogP) is 0.339. The Morgan fingerprint density at radius 2 is 1.85 bits per heavy atom. The monoisotopic (exact) mass is 187 g/mol. The number of aliphatic hydroxyl groups excluding tert-OH is 1. The van der Waals surface area contributed by atoms with Crippen molar-refractivity contribution < 1.29 is 15.0 Å². The van der Waals surface area contributed by atoms with Gasteiger partial charge in [0.15, 0.2) is 0 Å². The molecule has 4 N–H and O–H groups in total. The average Bonchev–Trinajstić information content (AvgIpc) is 2.17. The highest BCUT2D eigenvalue weighted by atomic mass is 16.4. The molecular formula is C9H17NO3. The van der Waals surface area contributed by atoms with Crippen LogP contribution in [0.3, 0.4) is 0 Å². The fourth-order valence-corrected chi connectivity index (χ4v) is 1.91. The van der Waals surface area contributed by atoms with Crippen LogP contribution in [0.1, 0.15) is 32.1 Å². The number of hydrogen-bond donors (Lipinski definition) is 3. The number of carboxylic acid groups (broad SMARTS) is 1. The first-order chi connectivity index (χ1) is 6.13. The third-order valence-corrected chi connectivity index (χ3v) is 2.79. The third-order valence-electron chi connectivity index (χ3n) is 2.79. The SMILES string of the molecule is N[C@H](C(=O)O)[C@H](O)C1CCCCC1. The number of aliphatic carboxylic acids is 1. The van der Waals surface area contributed by atoms with Crippen LogP contribution in [0.4, 0.5) is 0 Å². The largest absolute Gasteiger partial charge is 0.480 e. The Kier molecular flexibility index (Phi) is 3.69. The maximum atomic E-state index is 10.5. The Morgan fingerprint density at radius 3 is 2.31 bits per heavy atom. The van der Waals surface area contributed by atoms with Crippen LogP contribution < -0.4 is 5.73 Å². The highest BCUT2D eigenvalue weighted by Crippen LogP contribution is 2.27. The van der Waals surface area contributed by atoms with E-state index in [1.807, 2.05) is 0 Å². The molecule has 13 heavy (non-hydrogen) atoms. The van der Waals surface area contributed by atoms with E-state index in [2.05, 4.69) is 0 Å². The maximum Gasteiger partial charge on any atom is 0.323 e. The molecule has 1 aliphatic carbocycles. The molecule has 1 rings (SSSR count). The van der Waals surface area contributed by atoms with Gasteiger partial charge in [0, 0.05) is 0 Å². The van der Waals surface area contributed by atoms with E-state index in [4.69, 9.17) is 10.8 Å². The highest BCUT2D eigenvalue weighted by Gasteiger charge is 2.30. The maximum absolute atomic E-state index is 10.5. The van der Waals surface area contributed by atoms with Gasteiger partial charge in [0.05, 0.1) is 6.10 Å². The number of carboxylic acids is 1. The Labute approximate surface area is 77.7 Å². The van der Waals surface area contributed by atoms with E-state index < -0.39 is 18.1 Å². The molecule has 0 aromatic carbocycles. The van der Waals surface area contributed by atoms with Crippen LogP contribution in [0.15, 0.2) is 0 Å². The molecule has 0 bridgehead atoms. The molecule has 76 valence electrons. The summed E-state index contributed by atoms with van der Waals surface area (Å²) in [7, 11) is 0. The van der Waals surface area contributed by atoms with Crippen molar-refractivity contribution in [2.75, 3.05) is 0 Å². The second-order valence-corrected chi connectivity index (χ2v) is 3.75. The van der Waals surface area contributed by atoms with E-state index in [1.165, 1.54) is 6.42 Å². The number of hydrogen-bond acceptors (Lipinski definition) is 3. The van der Waals surface area contributed by atoms with E-state index in [0.29, 0.717) is 0 Å². The zero-order valence-electron chi connectivity index (χ0n) is 7.65. The second kappa shape index (κ2) is 4.58. The van der Waals surface area contributed by atoms with Gasteiger partial charge in [-0.1, -0.05) is 19.3 Å². The summed E-state index contributed by atoms with van der Waals surface area (Å²) in [6.45, 7) is 0. The van der Waals surface area contributed by atoms with E-state index >= 15 is 0 Å². The van der Waals surface area contributed by atoms with Gasteiger partial charge in [0.1, 0.15) is 6.04 Å². The lowest BCUT2D eigenvalue weighted by Gasteiger charge is -2.28. The standard InChI is InChI=1S/C9H17NO3/c10-7(9(12)13)8(11)6-4-2-1-3-5-6/h6-8,11H,1-5,10H2,(H,12,13)/t7-,8+/m0/s1. The first-order valence-electron chi connectivity index (χ1n) is 4.79. The van der Waals surface area contributed by atoms with E-state index in [-0.39, 0.29) is 5.92 Å². The molecule has 0 heterocycles. The fourth-order valence-electron chi connectivity index (χ4n) is 1.91. The molecule has 0 aliphatic heterocycles. The second-order valence-electron chi connectivity index (χ2n) is 3.75. The van der Waals surface area contributed by atoms with Crippen molar-refractivity contribution >= 4 is 5.97 Å². The van der Waals surface area contributed by atoms with Gasteiger partial charge in [0.25, 0.3) is 0 Å². The van der Waals surface area contributed by atoms with Gasteiger partial charge in [-0.15, -0.1) is 0 Å². The molecular weight excluding hydrogens is 170 g/mol. The summed E-state index contributed by atoms with van der Waals surface area (Å²) in [4.78, 5) is 10.5. The van der Waals surface area contributed by atoms with Crippen LogP contribution >= 0.6 is 0 Å². The van der Waals surface area contributed by atoms with Gasteiger partial charge in [-0.2, -0.15) is 0 Å². The molecule has 0 radical (unpaired) electrons. The summed E-state index contributed by atoms with van der Waals surface area (Å²) in [5.41, 5.74) is 5.34. The van der Waals surface area contributed by atoms with Crippen molar-refractivity contribution in [3.63, 3.8) is 0 Å². The van der Waals surface area contributed by atoms with E-state index in [0.717, 1.165) is 25.7 Å². The molecule has 1 saturated carbocycles. The smallest absolute Gasteiger partial charge is 0.323 e. The summed E-state index contributed by atoms with van der Waals surface area (Å²) in [5.74, 6) is -1.03. The Balaban J connectivity index is 2.44. The minimum absolute atomic E-state index is 0.0832. The van der Waals surface area contributed by atoms with Crippen molar-refractivity contribution in [2.24, 2.45) is 11.7 Å². The van der Waals surface area contributed by atoms with Gasteiger partial charge in [0.2, 0.25) is 0 Å². The molecule has 2 atom stereocenters. The summed E-state index contributed by atoms with van der Waals surface area (Å²) >= 11 is 0. The van der Waals surface area contributed by atoms with Crippen LogP contribution in [0.5, 0.6) is 0 Å². The Hall–Kier alpha value is -0.610. The van der Waals surface area contributed by atoms with Crippen LogP contribution in [0, 0.1) is 5.92 Å². The third kappa shape index (κ3) is 2.67. The zero-order valence-corrected chi connectivity index (χ0v) is 7.65. The lowest BCUT2D eigenvalue weighted by atomic mass is 9.83. The summed E-state index contributed by atoms with van der Waals surface area (Å²) in [6.07, 6.45) is 4.27. The van der Waals surface area contributed by atoms with Gasteiger partial charge in [-0.25, -0.2) is 0 Å². The summed E-state index contributed by atoms with van der Waals surface area (Å²) in [6, 6.07) is -1.12. The van der Waals surface area contributed by atoms with Crippen molar-refractivity contribution in [1.29, 1.82) is 0 Å². The van der Waals surface area contributed by atoms with Crippen molar-refractivity contribution in [3.05, 3.63) is 0 Å². The molecule has 4 nitrogen and oxygen atoms in total. The lowest BCUT2D eigenvalue weighted by molar-refractivity contribution is -0.142. The van der Waals surface area contributed by atoms with Crippen LogP contribution in [-0.4, -0.2) is 28.3 Å². The summed E-state index contributed by atoms with van der Waals surface area (Å²) < 4.78 is 0. The van der Waals surface area contributed by atoms with Gasteiger partial charge in [-0.05, 0) is 18.8 Å². The average molecular weight is 187 g/mol. The first-order valence-corrected chi connectivity index (χ1v) is 4.79. The molecule has 0 unspecified atom stereocenters. The molecule has 0 saturated heterocycles. The fraction of sp³-hybridized carbons (Fsp3) is 0.889.